The molecule has 1 N–H and O–H groups in total. The predicted octanol–water partition coefficient (Wildman–Crippen LogP) is 2.76. The molecule has 1 aliphatic rings. The molecule has 1 saturated carbocycles. The summed E-state index contributed by atoms with van der Waals surface area (Å²) in [7, 11) is 0. The third-order valence-corrected chi connectivity index (χ3v) is 4.13. The van der Waals surface area contributed by atoms with Crippen LogP contribution in [0.15, 0.2) is 28.7 Å². The second kappa shape index (κ2) is 7.06. The highest BCUT2D eigenvalue weighted by molar-refractivity contribution is 9.10. The van der Waals surface area contributed by atoms with Crippen molar-refractivity contribution in [3.8, 4) is 0 Å². The van der Waals surface area contributed by atoms with E-state index in [1.807, 2.05) is 29.2 Å². The molecule has 0 heterocycles. The molecule has 0 aromatic heterocycles. The first-order valence-corrected chi connectivity index (χ1v) is 7.65. The van der Waals surface area contributed by atoms with Crippen LogP contribution < -0.4 is 0 Å². The largest absolute Gasteiger partial charge is 0.396 e. The zero-order valence-corrected chi connectivity index (χ0v) is 12.6. The normalized spacial score (nSPS) is 15.1. The van der Waals surface area contributed by atoms with Gasteiger partial charge in [0.25, 0.3) is 0 Å². The molecule has 1 aliphatic carbocycles. The first-order chi connectivity index (χ1) is 9.20. The Kier molecular flexibility index (Phi) is 5.40. The Morgan fingerprint density at radius 1 is 1.42 bits per heavy atom. The Morgan fingerprint density at radius 3 is 2.79 bits per heavy atom. The van der Waals surface area contributed by atoms with Crippen molar-refractivity contribution in [1.82, 2.24) is 4.90 Å². The Hall–Kier alpha value is -0.870. The second-order valence-electron chi connectivity index (χ2n) is 5.06. The number of nitrogens with zero attached hydrogens (tertiary/aromatic N) is 1. The summed E-state index contributed by atoms with van der Waals surface area (Å²) in [5, 5.41) is 8.95. The number of aliphatic hydroxyl groups is 1. The Balaban J connectivity index is 1.98. The molecule has 0 atom stereocenters. The van der Waals surface area contributed by atoms with E-state index in [1.165, 1.54) is 6.42 Å². The number of aliphatic hydroxyl groups excluding tert-OH is 1. The molecule has 4 heteroatoms. The molecule has 104 valence electrons. The molecule has 1 amide bonds. The minimum Gasteiger partial charge on any atom is -0.396 e. The number of carbonyl (C=O) groups is 1. The van der Waals surface area contributed by atoms with Gasteiger partial charge in [0.2, 0.25) is 5.91 Å². The number of benzene rings is 1. The van der Waals surface area contributed by atoms with Gasteiger partial charge in [-0.2, -0.15) is 0 Å². The van der Waals surface area contributed by atoms with Gasteiger partial charge in [-0.05, 0) is 43.4 Å². The highest BCUT2D eigenvalue weighted by Gasteiger charge is 2.28. The molecule has 2 rings (SSSR count). The molecule has 0 unspecified atom stereocenters. The summed E-state index contributed by atoms with van der Waals surface area (Å²) < 4.78 is 1.00. The van der Waals surface area contributed by atoms with E-state index in [9.17, 15) is 4.79 Å². The maximum Gasteiger partial charge on any atom is 0.227 e. The maximum absolute atomic E-state index is 12.4. The summed E-state index contributed by atoms with van der Waals surface area (Å²) in [5.41, 5.74) is 1.03. The van der Waals surface area contributed by atoms with Crippen LogP contribution in [0, 0.1) is 0 Å². The van der Waals surface area contributed by atoms with Gasteiger partial charge in [-0.15, -0.1) is 0 Å². The van der Waals surface area contributed by atoms with Crippen molar-refractivity contribution < 1.29 is 9.90 Å². The van der Waals surface area contributed by atoms with E-state index in [0.29, 0.717) is 25.4 Å². The lowest BCUT2D eigenvalue weighted by atomic mass is 9.91. The van der Waals surface area contributed by atoms with E-state index in [-0.39, 0.29) is 12.5 Å². The van der Waals surface area contributed by atoms with E-state index in [0.717, 1.165) is 22.9 Å². The lowest BCUT2D eigenvalue weighted by Gasteiger charge is -2.37. The quantitative estimate of drug-likeness (QED) is 0.873. The zero-order valence-electron chi connectivity index (χ0n) is 11.0. The monoisotopic (exact) mass is 325 g/mol. The van der Waals surface area contributed by atoms with Gasteiger partial charge >= 0.3 is 0 Å². The van der Waals surface area contributed by atoms with Crippen molar-refractivity contribution in [3.63, 3.8) is 0 Å². The molecule has 0 radical (unpaired) electrons. The summed E-state index contributed by atoms with van der Waals surface area (Å²) in [6, 6.07) is 8.28. The third kappa shape index (κ3) is 4.05. The SMILES string of the molecule is O=C(Cc1cccc(Br)c1)N(CCCO)C1CCC1. The van der Waals surface area contributed by atoms with Gasteiger partial charge in [0.05, 0.1) is 6.42 Å². The summed E-state index contributed by atoms with van der Waals surface area (Å²) >= 11 is 3.43. The van der Waals surface area contributed by atoms with Crippen LogP contribution in [0.3, 0.4) is 0 Å². The molecular weight excluding hydrogens is 306 g/mol. The Bertz CT molecular complexity index is 432. The van der Waals surface area contributed by atoms with Gasteiger partial charge in [-0.3, -0.25) is 4.79 Å². The minimum absolute atomic E-state index is 0.146. The number of carbonyl (C=O) groups excluding carboxylic acids is 1. The van der Waals surface area contributed by atoms with Crippen LogP contribution in [-0.2, 0) is 11.2 Å². The fourth-order valence-corrected chi connectivity index (χ4v) is 2.82. The van der Waals surface area contributed by atoms with E-state index in [1.54, 1.807) is 0 Å². The maximum atomic E-state index is 12.4. The van der Waals surface area contributed by atoms with Crippen LogP contribution in [0.4, 0.5) is 0 Å². The Morgan fingerprint density at radius 2 is 2.21 bits per heavy atom. The summed E-state index contributed by atoms with van der Waals surface area (Å²) in [6.07, 6.45) is 4.54. The van der Waals surface area contributed by atoms with Crippen molar-refractivity contribution in [2.45, 2.75) is 38.1 Å². The molecule has 0 bridgehead atoms. The van der Waals surface area contributed by atoms with Crippen LogP contribution in [0.2, 0.25) is 0 Å². The fraction of sp³-hybridized carbons (Fsp3) is 0.533. The average molecular weight is 326 g/mol. The zero-order chi connectivity index (χ0) is 13.7. The molecule has 1 fully saturated rings. The molecule has 3 nitrogen and oxygen atoms in total. The van der Waals surface area contributed by atoms with Crippen LogP contribution in [0.25, 0.3) is 0 Å². The highest BCUT2D eigenvalue weighted by atomic mass is 79.9. The minimum atomic E-state index is 0.146. The number of hydrogen-bond donors (Lipinski definition) is 1. The van der Waals surface area contributed by atoms with Crippen molar-refractivity contribution in [2.75, 3.05) is 13.2 Å². The molecule has 0 aliphatic heterocycles. The summed E-state index contributed by atoms with van der Waals surface area (Å²) in [5.74, 6) is 0.177. The van der Waals surface area contributed by atoms with Crippen LogP contribution in [-0.4, -0.2) is 35.1 Å². The van der Waals surface area contributed by atoms with Crippen LogP contribution in [0.5, 0.6) is 0 Å². The smallest absolute Gasteiger partial charge is 0.227 e. The van der Waals surface area contributed by atoms with E-state index in [4.69, 9.17) is 5.11 Å². The molecule has 1 aromatic rings. The van der Waals surface area contributed by atoms with Gasteiger partial charge in [0.1, 0.15) is 0 Å². The molecule has 0 spiro atoms. The summed E-state index contributed by atoms with van der Waals surface area (Å²) in [6.45, 7) is 0.821. The first-order valence-electron chi connectivity index (χ1n) is 6.85. The van der Waals surface area contributed by atoms with Crippen molar-refractivity contribution >= 4 is 21.8 Å². The van der Waals surface area contributed by atoms with Crippen LogP contribution in [0.1, 0.15) is 31.2 Å². The molecular formula is C15H20BrNO2. The highest BCUT2D eigenvalue weighted by Crippen LogP contribution is 2.25. The van der Waals surface area contributed by atoms with Gasteiger partial charge in [-0.1, -0.05) is 28.1 Å². The topological polar surface area (TPSA) is 40.5 Å². The predicted molar refractivity (Wildman–Crippen MR) is 78.9 cm³/mol. The Labute approximate surface area is 122 Å². The first kappa shape index (κ1) is 14.5. The number of amides is 1. The standard InChI is InChI=1S/C15H20BrNO2/c16-13-5-1-4-12(10-13)11-15(19)17(8-3-9-18)14-6-2-7-14/h1,4-5,10,14,18H,2-3,6-9,11H2. The fourth-order valence-electron chi connectivity index (χ4n) is 2.37. The third-order valence-electron chi connectivity index (χ3n) is 3.64. The number of rotatable bonds is 6. The van der Waals surface area contributed by atoms with Crippen molar-refractivity contribution in [2.24, 2.45) is 0 Å². The van der Waals surface area contributed by atoms with Crippen molar-refractivity contribution in [1.29, 1.82) is 0 Å². The van der Waals surface area contributed by atoms with Gasteiger partial charge in [-0.25, -0.2) is 0 Å². The van der Waals surface area contributed by atoms with E-state index < -0.39 is 0 Å². The average Bonchev–Trinajstić information content (AvgIpc) is 2.31. The number of hydrogen-bond acceptors (Lipinski definition) is 2. The second-order valence-corrected chi connectivity index (χ2v) is 5.97. The van der Waals surface area contributed by atoms with Gasteiger partial charge < -0.3 is 10.0 Å². The molecule has 0 saturated heterocycles. The lowest BCUT2D eigenvalue weighted by molar-refractivity contribution is -0.134. The van der Waals surface area contributed by atoms with Crippen LogP contribution >= 0.6 is 15.9 Å². The van der Waals surface area contributed by atoms with Gasteiger partial charge in [0, 0.05) is 23.7 Å². The number of halogens is 1. The van der Waals surface area contributed by atoms with E-state index in [2.05, 4.69) is 15.9 Å². The lowest BCUT2D eigenvalue weighted by Crippen LogP contribution is -2.45. The van der Waals surface area contributed by atoms with Crippen molar-refractivity contribution in [3.05, 3.63) is 34.3 Å². The van der Waals surface area contributed by atoms with Gasteiger partial charge in [0.15, 0.2) is 0 Å². The molecule has 1 aromatic carbocycles. The molecule has 19 heavy (non-hydrogen) atoms. The van der Waals surface area contributed by atoms with E-state index >= 15 is 0 Å². The summed E-state index contributed by atoms with van der Waals surface area (Å²) in [4.78, 5) is 14.4.